The molecule has 0 spiro atoms. The SMILES string of the molecule is CNC(Cc1cc(C)ccc1OC)c1cc(Br)sc1Br. The molecule has 1 unspecified atom stereocenters. The van der Waals surface area contributed by atoms with Gasteiger partial charge < -0.3 is 10.1 Å². The van der Waals surface area contributed by atoms with Crippen molar-refractivity contribution in [2.45, 2.75) is 19.4 Å². The zero-order valence-corrected chi connectivity index (χ0v) is 15.7. The van der Waals surface area contributed by atoms with E-state index in [1.54, 1.807) is 18.4 Å². The third kappa shape index (κ3) is 3.64. The molecule has 108 valence electrons. The Kier molecular flexibility index (Phi) is 5.66. The summed E-state index contributed by atoms with van der Waals surface area (Å²) in [6, 6.07) is 8.73. The van der Waals surface area contributed by atoms with Crippen LogP contribution in [0.5, 0.6) is 5.75 Å². The maximum Gasteiger partial charge on any atom is 0.122 e. The second-order valence-corrected chi connectivity index (χ2v) is 8.39. The van der Waals surface area contributed by atoms with E-state index in [1.165, 1.54) is 16.7 Å². The van der Waals surface area contributed by atoms with E-state index < -0.39 is 0 Å². The lowest BCUT2D eigenvalue weighted by molar-refractivity contribution is 0.406. The zero-order chi connectivity index (χ0) is 14.7. The molecular weight excluding hydrogens is 402 g/mol. The highest BCUT2D eigenvalue weighted by Gasteiger charge is 2.18. The van der Waals surface area contributed by atoms with Crippen LogP contribution in [0.1, 0.15) is 22.7 Å². The Hall–Kier alpha value is -0.360. The van der Waals surface area contributed by atoms with Crippen LogP contribution in [0.4, 0.5) is 0 Å². The lowest BCUT2D eigenvalue weighted by Gasteiger charge is -2.18. The number of hydrogen-bond acceptors (Lipinski definition) is 3. The molecule has 0 aliphatic carbocycles. The molecule has 2 nitrogen and oxygen atoms in total. The van der Waals surface area contributed by atoms with Crippen molar-refractivity contribution >= 4 is 43.2 Å². The van der Waals surface area contributed by atoms with E-state index in [1.807, 2.05) is 13.1 Å². The molecule has 20 heavy (non-hydrogen) atoms. The number of benzene rings is 1. The Labute approximate surface area is 140 Å². The molecule has 0 aliphatic rings. The van der Waals surface area contributed by atoms with Gasteiger partial charge in [-0.25, -0.2) is 0 Å². The third-order valence-corrected chi connectivity index (χ3v) is 5.65. The van der Waals surface area contributed by atoms with E-state index in [0.717, 1.165) is 19.7 Å². The van der Waals surface area contributed by atoms with Crippen LogP contribution in [0.2, 0.25) is 0 Å². The summed E-state index contributed by atoms with van der Waals surface area (Å²) in [6.45, 7) is 2.11. The van der Waals surface area contributed by atoms with Crippen LogP contribution >= 0.6 is 43.2 Å². The first-order chi connectivity index (χ1) is 9.55. The number of hydrogen-bond donors (Lipinski definition) is 1. The summed E-state index contributed by atoms with van der Waals surface area (Å²) in [4.78, 5) is 0. The fraction of sp³-hybridized carbons (Fsp3) is 0.333. The van der Waals surface area contributed by atoms with Crippen molar-refractivity contribution in [1.82, 2.24) is 5.32 Å². The van der Waals surface area contributed by atoms with Crippen molar-refractivity contribution in [2.24, 2.45) is 0 Å². The maximum absolute atomic E-state index is 5.47. The highest BCUT2D eigenvalue weighted by atomic mass is 79.9. The number of rotatable bonds is 5. The molecule has 0 bridgehead atoms. The molecule has 1 atom stereocenters. The maximum atomic E-state index is 5.47. The quantitative estimate of drug-likeness (QED) is 0.729. The highest BCUT2D eigenvalue weighted by molar-refractivity contribution is 9.12. The van der Waals surface area contributed by atoms with Gasteiger partial charge in [0, 0.05) is 6.04 Å². The minimum absolute atomic E-state index is 0.252. The van der Waals surface area contributed by atoms with Crippen molar-refractivity contribution < 1.29 is 4.74 Å². The molecule has 1 N–H and O–H groups in total. The molecule has 5 heteroatoms. The molecule has 0 saturated carbocycles. The largest absolute Gasteiger partial charge is 0.496 e. The average molecular weight is 419 g/mol. The van der Waals surface area contributed by atoms with E-state index in [2.05, 4.69) is 62.3 Å². The summed E-state index contributed by atoms with van der Waals surface area (Å²) < 4.78 is 7.77. The van der Waals surface area contributed by atoms with Gasteiger partial charge in [0.15, 0.2) is 0 Å². The molecule has 0 radical (unpaired) electrons. The van der Waals surface area contributed by atoms with E-state index in [0.29, 0.717) is 0 Å². The average Bonchev–Trinajstić information content (AvgIpc) is 2.75. The highest BCUT2D eigenvalue weighted by Crippen LogP contribution is 2.37. The molecule has 1 heterocycles. The summed E-state index contributed by atoms with van der Waals surface area (Å²) >= 11 is 8.88. The van der Waals surface area contributed by atoms with Crippen LogP contribution in [-0.4, -0.2) is 14.2 Å². The topological polar surface area (TPSA) is 21.3 Å². The molecule has 1 aromatic carbocycles. The minimum Gasteiger partial charge on any atom is -0.496 e. The minimum atomic E-state index is 0.252. The first kappa shape index (κ1) is 16.0. The van der Waals surface area contributed by atoms with E-state index in [-0.39, 0.29) is 6.04 Å². The number of nitrogens with one attached hydrogen (secondary N) is 1. The van der Waals surface area contributed by atoms with Crippen LogP contribution in [0.15, 0.2) is 31.8 Å². The Morgan fingerprint density at radius 2 is 2.05 bits per heavy atom. The number of ether oxygens (including phenoxy) is 1. The standard InChI is InChI=1S/C15H17Br2NOS/c1-9-4-5-13(19-3)10(6-9)7-12(18-2)11-8-14(16)20-15(11)17/h4-6,8,12,18H,7H2,1-3H3. The Bertz CT molecular complexity index is 598. The Balaban J connectivity index is 2.31. The van der Waals surface area contributed by atoms with Crippen molar-refractivity contribution in [1.29, 1.82) is 0 Å². The van der Waals surface area contributed by atoms with Crippen molar-refractivity contribution in [2.75, 3.05) is 14.2 Å². The summed E-state index contributed by atoms with van der Waals surface area (Å²) in [5.74, 6) is 0.946. The summed E-state index contributed by atoms with van der Waals surface area (Å²) in [6.07, 6.45) is 0.892. The summed E-state index contributed by atoms with van der Waals surface area (Å²) in [7, 11) is 3.71. The van der Waals surface area contributed by atoms with Gasteiger partial charge in [-0.1, -0.05) is 17.7 Å². The zero-order valence-electron chi connectivity index (χ0n) is 11.7. The monoisotopic (exact) mass is 417 g/mol. The fourth-order valence-corrected chi connectivity index (χ4v) is 5.22. The lowest BCUT2D eigenvalue weighted by atomic mass is 9.99. The molecule has 0 saturated heterocycles. The molecule has 0 amide bonds. The van der Waals surface area contributed by atoms with Crippen LogP contribution in [0.3, 0.4) is 0 Å². The number of likely N-dealkylation sites (N-methyl/N-ethyl adjacent to an activating group) is 1. The van der Waals surface area contributed by atoms with E-state index in [4.69, 9.17) is 4.74 Å². The molecular formula is C15H17Br2NOS. The van der Waals surface area contributed by atoms with Crippen molar-refractivity contribution in [3.05, 3.63) is 48.5 Å². The number of aryl methyl sites for hydroxylation is 1. The summed E-state index contributed by atoms with van der Waals surface area (Å²) in [5, 5.41) is 3.39. The van der Waals surface area contributed by atoms with Gasteiger partial charge in [-0.3, -0.25) is 0 Å². The fourth-order valence-electron chi connectivity index (χ4n) is 2.24. The third-order valence-electron chi connectivity index (χ3n) is 3.27. The molecule has 2 aromatic rings. The predicted molar refractivity (Wildman–Crippen MR) is 93.0 cm³/mol. The second-order valence-electron chi connectivity index (χ2n) is 4.64. The smallest absolute Gasteiger partial charge is 0.122 e. The number of thiophene rings is 1. The van der Waals surface area contributed by atoms with Crippen LogP contribution in [0.25, 0.3) is 0 Å². The Morgan fingerprint density at radius 3 is 2.60 bits per heavy atom. The van der Waals surface area contributed by atoms with Gasteiger partial charge in [0.2, 0.25) is 0 Å². The molecule has 0 fully saturated rings. The number of methoxy groups -OCH3 is 1. The molecule has 2 rings (SSSR count). The van der Waals surface area contributed by atoms with Gasteiger partial charge in [0.05, 0.1) is 14.7 Å². The van der Waals surface area contributed by atoms with Gasteiger partial charge >= 0.3 is 0 Å². The first-order valence-electron chi connectivity index (χ1n) is 6.30. The second kappa shape index (κ2) is 7.07. The molecule has 1 aromatic heterocycles. The first-order valence-corrected chi connectivity index (χ1v) is 8.71. The van der Waals surface area contributed by atoms with Gasteiger partial charge in [-0.2, -0.15) is 0 Å². The van der Waals surface area contributed by atoms with Gasteiger partial charge in [0.25, 0.3) is 0 Å². The number of halogens is 2. The van der Waals surface area contributed by atoms with Gasteiger partial charge in [0.1, 0.15) is 5.75 Å². The van der Waals surface area contributed by atoms with Crippen molar-refractivity contribution in [3.8, 4) is 5.75 Å². The lowest BCUT2D eigenvalue weighted by Crippen LogP contribution is -2.19. The van der Waals surface area contributed by atoms with Crippen LogP contribution in [-0.2, 0) is 6.42 Å². The Morgan fingerprint density at radius 1 is 1.30 bits per heavy atom. The normalized spacial score (nSPS) is 12.4. The van der Waals surface area contributed by atoms with Crippen LogP contribution in [0, 0.1) is 6.92 Å². The van der Waals surface area contributed by atoms with Crippen LogP contribution < -0.4 is 10.1 Å². The van der Waals surface area contributed by atoms with Gasteiger partial charge in [-0.05, 0) is 75.5 Å². The summed E-state index contributed by atoms with van der Waals surface area (Å²) in [5.41, 5.74) is 3.75. The van der Waals surface area contributed by atoms with Gasteiger partial charge in [-0.15, -0.1) is 11.3 Å². The van der Waals surface area contributed by atoms with E-state index in [9.17, 15) is 0 Å². The predicted octanol–water partition coefficient (Wildman–Crippen LogP) is 5.09. The van der Waals surface area contributed by atoms with E-state index >= 15 is 0 Å². The molecule has 0 aliphatic heterocycles. The van der Waals surface area contributed by atoms with Crippen molar-refractivity contribution in [3.63, 3.8) is 0 Å².